The van der Waals surface area contributed by atoms with Crippen LogP contribution < -0.4 is 5.32 Å². The number of hydrogen-bond donors (Lipinski definition) is 1. The molecule has 0 aromatic carbocycles. The molecular weight excluding hydrogens is 218 g/mol. The molecule has 2 aromatic heterocycles. The van der Waals surface area contributed by atoms with Crippen molar-refractivity contribution in [2.24, 2.45) is 0 Å². The van der Waals surface area contributed by atoms with Gasteiger partial charge in [-0.05, 0) is 13.0 Å². The van der Waals surface area contributed by atoms with Gasteiger partial charge in [-0.25, -0.2) is 0 Å². The number of nitriles is 1. The molecule has 0 bridgehead atoms. The minimum Gasteiger partial charge on any atom is -0.360 e. The van der Waals surface area contributed by atoms with Gasteiger partial charge in [-0.1, -0.05) is 0 Å². The van der Waals surface area contributed by atoms with Gasteiger partial charge >= 0.3 is 0 Å². The lowest BCUT2D eigenvalue weighted by Crippen LogP contribution is -2.09. The van der Waals surface area contributed by atoms with Crippen LogP contribution in [0.4, 0.5) is 5.82 Å². The Hall–Kier alpha value is -2.49. The quantitative estimate of drug-likeness (QED) is 0.824. The molecule has 0 atom stereocenters. The molecule has 2 aromatic rings. The summed E-state index contributed by atoms with van der Waals surface area (Å²) in [6, 6.07) is 3.66. The molecule has 7 heteroatoms. The average molecular weight is 229 g/mol. The summed E-state index contributed by atoms with van der Waals surface area (Å²) in [4.78, 5) is 0. The molecule has 7 nitrogen and oxygen atoms in total. The lowest BCUT2D eigenvalue weighted by atomic mass is 10.3. The smallest absolute Gasteiger partial charge is 0.167 e. The van der Waals surface area contributed by atoms with E-state index in [2.05, 4.69) is 25.7 Å². The zero-order chi connectivity index (χ0) is 12.1. The first kappa shape index (κ1) is 11.0. The Bertz CT molecular complexity index is 540. The third-order valence-corrected chi connectivity index (χ3v) is 2.29. The van der Waals surface area contributed by atoms with Crippen LogP contribution in [-0.4, -0.2) is 25.0 Å². The van der Waals surface area contributed by atoms with Gasteiger partial charge in [-0.15, -0.1) is 15.3 Å². The standard InChI is InChI=1S/C10H11N7/c1-2-17-7-14-15-9(17)6-12-10-8(5-11)3-4-13-16-10/h3-4,7H,2,6H2,1H3,(H,12,16). The van der Waals surface area contributed by atoms with Crippen molar-refractivity contribution in [1.82, 2.24) is 25.0 Å². The van der Waals surface area contributed by atoms with Crippen LogP contribution in [-0.2, 0) is 13.1 Å². The van der Waals surface area contributed by atoms with Gasteiger partial charge in [0.05, 0.1) is 18.3 Å². The Morgan fingerprint density at radius 2 is 2.29 bits per heavy atom. The molecule has 2 heterocycles. The van der Waals surface area contributed by atoms with Crippen LogP contribution in [0, 0.1) is 11.3 Å². The maximum absolute atomic E-state index is 8.89. The molecular formula is C10H11N7. The molecule has 0 fully saturated rings. The maximum atomic E-state index is 8.89. The number of anilines is 1. The highest BCUT2D eigenvalue weighted by Crippen LogP contribution is 2.09. The second-order valence-corrected chi connectivity index (χ2v) is 3.29. The second-order valence-electron chi connectivity index (χ2n) is 3.29. The molecule has 0 saturated heterocycles. The van der Waals surface area contributed by atoms with E-state index in [1.165, 1.54) is 6.20 Å². The first-order chi connectivity index (χ1) is 8.35. The Morgan fingerprint density at radius 1 is 1.41 bits per heavy atom. The molecule has 2 rings (SSSR count). The van der Waals surface area contributed by atoms with Crippen LogP contribution in [0.15, 0.2) is 18.6 Å². The first-order valence-corrected chi connectivity index (χ1v) is 5.17. The van der Waals surface area contributed by atoms with E-state index in [9.17, 15) is 0 Å². The summed E-state index contributed by atoms with van der Waals surface area (Å²) in [6.45, 7) is 3.27. The van der Waals surface area contributed by atoms with E-state index in [4.69, 9.17) is 5.26 Å². The third-order valence-electron chi connectivity index (χ3n) is 2.29. The fourth-order valence-corrected chi connectivity index (χ4v) is 1.40. The third kappa shape index (κ3) is 2.36. The van der Waals surface area contributed by atoms with Gasteiger partial charge in [0.25, 0.3) is 0 Å². The van der Waals surface area contributed by atoms with Gasteiger partial charge in [0.1, 0.15) is 12.4 Å². The van der Waals surface area contributed by atoms with E-state index in [0.717, 1.165) is 12.4 Å². The maximum Gasteiger partial charge on any atom is 0.167 e. The summed E-state index contributed by atoms with van der Waals surface area (Å²) in [6.07, 6.45) is 3.15. The molecule has 0 aliphatic carbocycles. The van der Waals surface area contributed by atoms with Crippen molar-refractivity contribution < 1.29 is 0 Å². The summed E-state index contributed by atoms with van der Waals surface area (Å²) in [5.41, 5.74) is 0.461. The normalized spacial score (nSPS) is 9.88. The fraction of sp³-hybridized carbons (Fsp3) is 0.300. The van der Waals surface area contributed by atoms with Gasteiger partial charge in [-0.2, -0.15) is 10.4 Å². The predicted octanol–water partition coefficient (Wildman–Crippen LogP) is 0.572. The van der Waals surface area contributed by atoms with Crippen molar-refractivity contribution >= 4 is 5.82 Å². The second kappa shape index (κ2) is 5.03. The van der Waals surface area contributed by atoms with Gasteiger partial charge in [0.2, 0.25) is 0 Å². The molecule has 1 N–H and O–H groups in total. The fourth-order valence-electron chi connectivity index (χ4n) is 1.40. The van der Waals surface area contributed by atoms with Crippen molar-refractivity contribution in [2.45, 2.75) is 20.0 Å². The van der Waals surface area contributed by atoms with Crippen LogP contribution in [0.3, 0.4) is 0 Å². The summed E-state index contributed by atoms with van der Waals surface area (Å²) < 4.78 is 1.91. The first-order valence-electron chi connectivity index (χ1n) is 5.17. The molecule has 0 aliphatic heterocycles. The summed E-state index contributed by atoms with van der Waals surface area (Å²) in [7, 11) is 0. The number of aromatic nitrogens is 5. The molecule has 86 valence electrons. The van der Waals surface area contributed by atoms with Crippen LogP contribution in [0.1, 0.15) is 18.3 Å². The van der Waals surface area contributed by atoms with Gasteiger partial charge in [-0.3, -0.25) is 0 Å². The van der Waals surface area contributed by atoms with E-state index in [1.54, 1.807) is 12.4 Å². The van der Waals surface area contributed by atoms with Crippen LogP contribution in [0.2, 0.25) is 0 Å². The van der Waals surface area contributed by atoms with Crippen molar-refractivity contribution in [2.75, 3.05) is 5.32 Å². The molecule has 0 spiro atoms. The molecule has 0 aliphatic rings. The largest absolute Gasteiger partial charge is 0.360 e. The number of hydrogen-bond acceptors (Lipinski definition) is 6. The van der Waals surface area contributed by atoms with E-state index in [-0.39, 0.29) is 0 Å². The highest BCUT2D eigenvalue weighted by atomic mass is 15.3. The van der Waals surface area contributed by atoms with E-state index < -0.39 is 0 Å². The Morgan fingerprint density at radius 3 is 3.06 bits per heavy atom. The average Bonchev–Trinajstić information content (AvgIpc) is 2.84. The van der Waals surface area contributed by atoms with E-state index in [0.29, 0.717) is 17.9 Å². The number of nitrogens with zero attached hydrogens (tertiary/aromatic N) is 6. The van der Waals surface area contributed by atoms with Crippen LogP contribution in [0.5, 0.6) is 0 Å². The minimum atomic E-state index is 0.459. The number of aryl methyl sites for hydroxylation is 1. The summed E-state index contributed by atoms with van der Waals surface area (Å²) in [5, 5.41) is 27.3. The highest BCUT2D eigenvalue weighted by molar-refractivity contribution is 5.49. The Balaban J connectivity index is 2.10. The van der Waals surface area contributed by atoms with Crippen LogP contribution >= 0.6 is 0 Å². The zero-order valence-corrected chi connectivity index (χ0v) is 9.33. The van der Waals surface area contributed by atoms with Crippen molar-refractivity contribution in [3.8, 4) is 6.07 Å². The van der Waals surface area contributed by atoms with Crippen molar-refractivity contribution in [3.63, 3.8) is 0 Å². The Labute approximate surface area is 98.1 Å². The monoisotopic (exact) mass is 229 g/mol. The summed E-state index contributed by atoms with van der Waals surface area (Å²) in [5.74, 6) is 1.25. The summed E-state index contributed by atoms with van der Waals surface area (Å²) >= 11 is 0. The molecule has 0 amide bonds. The van der Waals surface area contributed by atoms with Gasteiger partial charge in [0.15, 0.2) is 11.6 Å². The Kier molecular flexibility index (Phi) is 3.25. The minimum absolute atomic E-state index is 0.459. The number of nitrogens with one attached hydrogen (secondary N) is 1. The molecule has 17 heavy (non-hydrogen) atoms. The molecule has 0 saturated carbocycles. The molecule has 0 radical (unpaired) electrons. The molecule has 0 unspecified atom stereocenters. The van der Waals surface area contributed by atoms with Crippen molar-refractivity contribution in [1.29, 1.82) is 5.26 Å². The SMILES string of the molecule is CCn1cnnc1CNc1nnccc1C#N. The van der Waals surface area contributed by atoms with Gasteiger partial charge in [0, 0.05) is 6.54 Å². The van der Waals surface area contributed by atoms with Crippen molar-refractivity contribution in [3.05, 3.63) is 30.0 Å². The van der Waals surface area contributed by atoms with E-state index >= 15 is 0 Å². The zero-order valence-electron chi connectivity index (χ0n) is 9.33. The topological polar surface area (TPSA) is 92.3 Å². The van der Waals surface area contributed by atoms with Gasteiger partial charge < -0.3 is 9.88 Å². The lowest BCUT2D eigenvalue weighted by molar-refractivity contribution is 0.706. The number of rotatable bonds is 4. The van der Waals surface area contributed by atoms with Crippen LogP contribution in [0.25, 0.3) is 0 Å². The highest BCUT2D eigenvalue weighted by Gasteiger charge is 2.06. The lowest BCUT2D eigenvalue weighted by Gasteiger charge is -2.06. The van der Waals surface area contributed by atoms with E-state index in [1.807, 2.05) is 17.6 Å². The predicted molar refractivity (Wildman–Crippen MR) is 59.8 cm³/mol.